The van der Waals surface area contributed by atoms with E-state index in [0.29, 0.717) is 12.2 Å². The lowest BCUT2D eigenvalue weighted by Gasteiger charge is -2.21. The number of aromatic nitrogens is 2. The van der Waals surface area contributed by atoms with Crippen LogP contribution < -0.4 is 5.62 Å². The van der Waals surface area contributed by atoms with E-state index in [1.807, 2.05) is 12.1 Å². The number of aliphatic hydroxyl groups excluding tert-OH is 1. The molecule has 2 atom stereocenters. The Morgan fingerprint density at radius 1 is 0.848 bits per heavy atom. The third kappa shape index (κ3) is 4.95. The van der Waals surface area contributed by atoms with Crippen molar-refractivity contribution in [1.82, 2.24) is 9.13 Å². The minimum atomic E-state index is -0.0666. The number of hydrogen-bond donors (Lipinski definition) is 2. The SMILES string of the molecule is Cc1ccc(C[C@@H](COCCO)n2c(=N)n(C(C)c3ccc(C)cc3)c3ccccc32)cc1. The highest BCUT2D eigenvalue weighted by molar-refractivity contribution is 5.76. The fourth-order valence-corrected chi connectivity index (χ4v) is 4.48. The molecule has 2 N–H and O–H groups in total. The molecule has 0 amide bonds. The first kappa shape index (κ1) is 23.0. The first-order valence-electron chi connectivity index (χ1n) is 11.6. The minimum absolute atomic E-state index is 0.0120. The van der Waals surface area contributed by atoms with Crippen molar-refractivity contribution in [2.24, 2.45) is 0 Å². The van der Waals surface area contributed by atoms with Gasteiger partial charge in [0.2, 0.25) is 5.62 Å². The van der Waals surface area contributed by atoms with Gasteiger partial charge in [0, 0.05) is 0 Å². The van der Waals surface area contributed by atoms with E-state index in [-0.39, 0.29) is 25.3 Å². The molecule has 0 saturated carbocycles. The van der Waals surface area contributed by atoms with Gasteiger partial charge in [-0.15, -0.1) is 0 Å². The third-order valence-corrected chi connectivity index (χ3v) is 6.31. The number of benzene rings is 3. The van der Waals surface area contributed by atoms with Gasteiger partial charge in [0.25, 0.3) is 0 Å². The summed E-state index contributed by atoms with van der Waals surface area (Å²) < 4.78 is 10.0. The maximum absolute atomic E-state index is 9.25. The summed E-state index contributed by atoms with van der Waals surface area (Å²) in [5, 5.41) is 18.5. The van der Waals surface area contributed by atoms with Crippen molar-refractivity contribution in [3.8, 4) is 0 Å². The number of ether oxygens (including phenoxy) is 1. The van der Waals surface area contributed by atoms with E-state index >= 15 is 0 Å². The number of para-hydroxylation sites is 2. The molecule has 1 unspecified atom stereocenters. The molecule has 172 valence electrons. The molecule has 4 rings (SSSR count). The topological polar surface area (TPSA) is 63.2 Å². The Labute approximate surface area is 195 Å². The quantitative estimate of drug-likeness (QED) is 0.360. The van der Waals surface area contributed by atoms with Gasteiger partial charge in [0.1, 0.15) is 0 Å². The van der Waals surface area contributed by atoms with Crippen molar-refractivity contribution >= 4 is 11.0 Å². The van der Waals surface area contributed by atoms with Crippen molar-refractivity contribution < 1.29 is 9.84 Å². The predicted molar refractivity (Wildman–Crippen MR) is 133 cm³/mol. The Balaban J connectivity index is 1.81. The Morgan fingerprint density at radius 2 is 1.42 bits per heavy atom. The maximum Gasteiger partial charge on any atom is 0.203 e. The molecule has 3 aromatic carbocycles. The second kappa shape index (κ2) is 10.2. The zero-order valence-electron chi connectivity index (χ0n) is 19.7. The molecule has 0 aliphatic heterocycles. The van der Waals surface area contributed by atoms with Gasteiger partial charge >= 0.3 is 0 Å². The largest absolute Gasteiger partial charge is 0.394 e. The second-order valence-electron chi connectivity index (χ2n) is 8.78. The average Bonchev–Trinajstić information content (AvgIpc) is 3.11. The monoisotopic (exact) mass is 443 g/mol. The Kier molecular flexibility index (Phi) is 7.11. The molecule has 5 heteroatoms. The molecule has 0 spiro atoms. The molecule has 0 radical (unpaired) electrons. The standard InChI is InChI=1S/C28H33N3O2/c1-20-8-12-23(13-9-20)18-25(19-33-17-16-32)31-27-7-5-4-6-26(27)30(28(31)29)22(3)24-14-10-21(2)11-15-24/h4-15,22,25,29,32H,16-19H2,1-3H3/t22?,25-/m0/s1. The molecular formula is C28H33N3O2. The fraction of sp³-hybridized carbons (Fsp3) is 0.321. The van der Waals surface area contributed by atoms with Crippen LogP contribution in [-0.4, -0.2) is 34.1 Å². The van der Waals surface area contributed by atoms with Crippen molar-refractivity contribution in [1.29, 1.82) is 5.41 Å². The number of fused-ring (bicyclic) bond motifs is 1. The highest BCUT2D eigenvalue weighted by Gasteiger charge is 2.22. The summed E-state index contributed by atoms with van der Waals surface area (Å²) in [6, 6.07) is 25.2. The summed E-state index contributed by atoms with van der Waals surface area (Å²) in [7, 11) is 0. The first-order chi connectivity index (χ1) is 16.0. The number of hydrogen-bond acceptors (Lipinski definition) is 3. The van der Waals surface area contributed by atoms with Crippen molar-refractivity contribution in [3.63, 3.8) is 0 Å². The van der Waals surface area contributed by atoms with E-state index in [9.17, 15) is 10.5 Å². The summed E-state index contributed by atoms with van der Waals surface area (Å²) in [6.07, 6.45) is 0.745. The van der Waals surface area contributed by atoms with Crippen LogP contribution in [-0.2, 0) is 11.2 Å². The van der Waals surface area contributed by atoms with Crippen molar-refractivity contribution in [3.05, 3.63) is 101 Å². The van der Waals surface area contributed by atoms with E-state index in [0.717, 1.165) is 17.5 Å². The first-order valence-corrected chi connectivity index (χ1v) is 11.6. The fourth-order valence-electron chi connectivity index (χ4n) is 4.48. The third-order valence-electron chi connectivity index (χ3n) is 6.31. The maximum atomic E-state index is 9.25. The molecule has 0 saturated heterocycles. The van der Waals surface area contributed by atoms with Crippen LogP contribution in [0.15, 0.2) is 72.8 Å². The van der Waals surface area contributed by atoms with Gasteiger partial charge in [0.15, 0.2) is 0 Å². The van der Waals surface area contributed by atoms with E-state index in [1.54, 1.807) is 0 Å². The molecule has 0 fully saturated rings. The number of aliphatic hydroxyl groups is 1. The van der Waals surface area contributed by atoms with Crippen LogP contribution in [0, 0.1) is 19.3 Å². The van der Waals surface area contributed by atoms with E-state index in [1.165, 1.54) is 22.3 Å². The number of rotatable bonds is 9. The Bertz CT molecular complexity index is 1250. The van der Waals surface area contributed by atoms with Gasteiger partial charge in [-0.05, 0) is 50.5 Å². The van der Waals surface area contributed by atoms with Crippen LogP contribution in [0.2, 0.25) is 0 Å². The lowest BCUT2D eigenvalue weighted by Crippen LogP contribution is -2.32. The molecule has 4 aromatic rings. The van der Waals surface area contributed by atoms with Crippen LogP contribution in [0.5, 0.6) is 0 Å². The van der Waals surface area contributed by atoms with Gasteiger partial charge in [-0.1, -0.05) is 71.8 Å². The zero-order valence-corrected chi connectivity index (χ0v) is 19.7. The predicted octanol–water partition coefficient (Wildman–Crippen LogP) is 4.94. The van der Waals surface area contributed by atoms with Crippen LogP contribution in [0.25, 0.3) is 11.0 Å². The lowest BCUT2D eigenvalue weighted by atomic mass is 10.0. The summed E-state index contributed by atoms with van der Waals surface area (Å²) >= 11 is 0. The van der Waals surface area contributed by atoms with Gasteiger partial charge in [-0.3, -0.25) is 5.41 Å². The molecule has 33 heavy (non-hydrogen) atoms. The number of imidazole rings is 1. The number of aryl methyl sites for hydroxylation is 2. The van der Waals surface area contributed by atoms with Gasteiger partial charge in [-0.25, -0.2) is 0 Å². The molecule has 5 nitrogen and oxygen atoms in total. The van der Waals surface area contributed by atoms with E-state index in [2.05, 4.69) is 90.6 Å². The van der Waals surface area contributed by atoms with Crippen molar-refractivity contribution in [2.45, 2.75) is 39.3 Å². The Morgan fingerprint density at radius 3 is 2.03 bits per heavy atom. The minimum Gasteiger partial charge on any atom is -0.394 e. The molecule has 1 heterocycles. The number of nitrogens with zero attached hydrogens (tertiary/aromatic N) is 2. The van der Waals surface area contributed by atoms with E-state index in [4.69, 9.17) is 4.74 Å². The smallest absolute Gasteiger partial charge is 0.203 e. The second-order valence-corrected chi connectivity index (χ2v) is 8.78. The van der Waals surface area contributed by atoms with Crippen LogP contribution in [0.3, 0.4) is 0 Å². The van der Waals surface area contributed by atoms with Crippen LogP contribution in [0.1, 0.15) is 41.3 Å². The summed E-state index contributed by atoms with van der Waals surface area (Å²) in [4.78, 5) is 0. The Hall–Kier alpha value is -3.15. The summed E-state index contributed by atoms with van der Waals surface area (Å²) in [5.41, 5.74) is 7.33. The highest BCUT2D eigenvalue weighted by atomic mass is 16.5. The molecule has 0 aliphatic carbocycles. The van der Waals surface area contributed by atoms with Crippen LogP contribution in [0.4, 0.5) is 0 Å². The molecular weight excluding hydrogens is 410 g/mol. The van der Waals surface area contributed by atoms with Gasteiger partial charge in [-0.2, -0.15) is 0 Å². The molecule has 0 aliphatic rings. The van der Waals surface area contributed by atoms with Crippen LogP contribution >= 0.6 is 0 Å². The zero-order chi connectivity index (χ0) is 23.4. The van der Waals surface area contributed by atoms with Gasteiger partial charge in [0.05, 0.1) is 42.9 Å². The average molecular weight is 444 g/mol. The normalized spacial score (nSPS) is 13.3. The highest BCUT2D eigenvalue weighted by Crippen LogP contribution is 2.26. The van der Waals surface area contributed by atoms with Crippen molar-refractivity contribution in [2.75, 3.05) is 19.8 Å². The summed E-state index contributed by atoms with van der Waals surface area (Å²) in [5.74, 6) is 0. The van der Waals surface area contributed by atoms with Gasteiger partial charge < -0.3 is 19.0 Å². The van der Waals surface area contributed by atoms with E-state index < -0.39 is 0 Å². The molecule has 1 aromatic heterocycles. The summed E-state index contributed by atoms with van der Waals surface area (Å²) in [6.45, 7) is 7.03. The lowest BCUT2D eigenvalue weighted by molar-refractivity contribution is 0.0697. The number of nitrogens with one attached hydrogen (secondary N) is 1. The molecule has 0 bridgehead atoms.